The van der Waals surface area contributed by atoms with Gasteiger partial charge in [-0.05, 0) is 26.6 Å². The summed E-state index contributed by atoms with van der Waals surface area (Å²) in [5, 5.41) is 3.37. The molecule has 0 aliphatic carbocycles. The van der Waals surface area contributed by atoms with Crippen molar-refractivity contribution in [2.75, 3.05) is 46.3 Å². The van der Waals surface area contributed by atoms with Crippen LogP contribution in [-0.2, 0) is 4.79 Å². The zero-order chi connectivity index (χ0) is 12.9. The minimum Gasteiger partial charge on any atom is -0.368 e. The fourth-order valence-corrected chi connectivity index (χ4v) is 2.43. The Bertz CT molecular complexity index is 255. The number of amides is 1. The van der Waals surface area contributed by atoms with E-state index in [0.717, 1.165) is 45.7 Å². The van der Waals surface area contributed by atoms with Crippen LogP contribution in [0.3, 0.4) is 0 Å². The normalized spacial score (nSPS) is 25.6. The molecule has 100 valence electrons. The number of carbonyl (C=O) groups excluding carboxylic acids is 1. The molecule has 0 spiro atoms. The number of hydrogen-bond acceptors (Lipinski definition) is 4. The van der Waals surface area contributed by atoms with Gasteiger partial charge in [0.25, 0.3) is 0 Å². The Hall–Kier alpha value is -0.650. The summed E-state index contributed by atoms with van der Waals surface area (Å²) in [5.41, 5.74) is 5.02. The summed E-state index contributed by atoms with van der Waals surface area (Å²) in [5.74, 6) is -0.221. The Morgan fingerprint density at radius 3 is 2.53 bits per heavy atom. The van der Waals surface area contributed by atoms with Gasteiger partial charge in [-0.25, -0.2) is 0 Å². The van der Waals surface area contributed by atoms with Gasteiger partial charge >= 0.3 is 0 Å². The minimum absolute atomic E-state index is 0.221. The van der Waals surface area contributed by atoms with Gasteiger partial charge < -0.3 is 20.9 Å². The summed E-state index contributed by atoms with van der Waals surface area (Å²) in [6, 6.07) is 0. The number of nitrogens with two attached hydrogens (primary N) is 1. The summed E-state index contributed by atoms with van der Waals surface area (Å²) in [4.78, 5) is 16.1. The van der Waals surface area contributed by atoms with Gasteiger partial charge in [0.2, 0.25) is 5.91 Å². The van der Waals surface area contributed by atoms with Gasteiger partial charge in [-0.2, -0.15) is 0 Å². The summed E-state index contributed by atoms with van der Waals surface area (Å²) < 4.78 is 0. The van der Waals surface area contributed by atoms with E-state index < -0.39 is 5.54 Å². The van der Waals surface area contributed by atoms with Crippen molar-refractivity contribution in [1.29, 1.82) is 0 Å². The van der Waals surface area contributed by atoms with Gasteiger partial charge in [0.05, 0.1) is 0 Å². The van der Waals surface area contributed by atoms with Crippen LogP contribution in [0, 0.1) is 0 Å². The molecule has 5 nitrogen and oxygen atoms in total. The second-order valence-corrected chi connectivity index (χ2v) is 4.89. The predicted octanol–water partition coefficient (Wildman–Crippen LogP) is -0.523. The van der Waals surface area contributed by atoms with Crippen LogP contribution in [0.25, 0.3) is 0 Å². The lowest BCUT2D eigenvalue weighted by molar-refractivity contribution is -0.124. The van der Waals surface area contributed by atoms with Crippen LogP contribution < -0.4 is 11.1 Å². The molecule has 0 bridgehead atoms. The van der Waals surface area contributed by atoms with Gasteiger partial charge in [-0.3, -0.25) is 4.79 Å². The van der Waals surface area contributed by atoms with Gasteiger partial charge in [-0.1, -0.05) is 13.8 Å². The smallest absolute Gasteiger partial charge is 0.239 e. The number of nitrogens with one attached hydrogen (secondary N) is 1. The largest absolute Gasteiger partial charge is 0.368 e. The molecule has 1 rings (SSSR count). The van der Waals surface area contributed by atoms with Crippen molar-refractivity contribution in [3.8, 4) is 0 Å². The highest BCUT2D eigenvalue weighted by Crippen LogP contribution is 2.19. The average Bonchev–Trinajstić information content (AvgIpc) is 2.68. The van der Waals surface area contributed by atoms with Crippen molar-refractivity contribution >= 4 is 5.91 Å². The van der Waals surface area contributed by atoms with Crippen molar-refractivity contribution in [3.63, 3.8) is 0 Å². The molecule has 1 heterocycles. The molecule has 0 saturated carbocycles. The molecule has 1 unspecified atom stereocenters. The van der Waals surface area contributed by atoms with Gasteiger partial charge in [0.15, 0.2) is 0 Å². The third-order valence-corrected chi connectivity index (χ3v) is 3.72. The number of rotatable bonds is 7. The van der Waals surface area contributed by atoms with E-state index in [0.29, 0.717) is 0 Å². The van der Waals surface area contributed by atoms with E-state index in [4.69, 9.17) is 5.73 Å². The summed E-state index contributed by atoms with van der Waals surface area (Å²) >= 11 is 0. The first-order valence-electron chi connectivity index (χ1n) is 6.50. The van der Waals surface area contributed by atoms with Crippen molar-refractivity contribution < 1.29 is 4.79 Å². The summed E-state index contributed by atoms with van der Waals surface area (Å²) in [7, 11) is 2.02. The standard InChI is InChI=1S/C12H26N4O/c1-4-16(5-2)9-7-14-12(11(13)17)6-8-15(3)10-12/h14H,4-10H2,1-3H3,(H2,13,17). The quantitative estimate of drug-likeness (QED) is 0.630. The van der Waals surface area contributed by atoms with E-state index in [-0.39, 0.29) is 5.91 Å². The summed E-state index contributed by atoms with van der Waals surface area (Å²) in [6.07, 6.45) is 0.817. The lowest BCUT2D eigenvalue weighted by Gasteiger charge is -2.28. The molecular formula is C12H26N4O. The number of carbonyl (C=O) groups is 1. The maximum Gasteiger partial charge on any atom is 0.239 e. The van der Waals surface area contributed by atoms with Crippen LogP contribution in [0.2, 0.25) is 0 Å². The molecule has 1 saturated heterocycles. The SMILES string of the molecule is CCN(CC)CCNC1(C(N)=O)CCN(C)C1. The maximum atomic E-state index is 11.6. The van der Waals surface area contributed by atoms with E-state index in [1.807, 2.05) is 7.05 Å². The zero-order valence-corrected chi connectivity index (χ0v) is 11.3. The predicted molar refractivity (Wildman–Crippen MR) is 69.8 cm³/mol. The molecule has 1 fully saturated rings. The molecule has 1 amide bonds. The van der Waals surface area contributed by atoms with E-state index in [9.17, 15) is 4.79 Å². The molecule has 17 heavy (non-hydrogen) atoms. The van der Waals surface area contributed by atoms with Crippen LogP contribution in [0.5, 0.6) is 0 Å². The fraction of sp³-hybridized carbons (Fsp3) is 0.917. The van der Waals surface area contributed by atoms with Gasteiger partial charge in [0, 0.05) is 26.2 Å². The second-order valence-electron chi connectivity index (χ2n) is 4.89. The number of nitrogens with zero attached hydrogens (tertiary/aromatic N) is 2. The molecule has 0 aromatic rings. The molecule has 1 aliphatic rings. The molecule has 3 N–H and O–H groups in total. The van der Waals surface area contributed by atoms with E-state index in [1.165, 1.54) is 0 Å². The molecular weight excluding hydrogens is 216 g/mol. The number of likely N-dealkylation sites (N-methyl/N-ethyl adjacent to an activating group) is 2. The zero-order valence-electron chi connectivity index (χ0n) is 11.3. The highest BCUT2D eigenvalue weighted by Gasteiger charge is 2.41. The first kappa shape index (κ1) is 14.4. The lowest BCUT2D eigenvalue weighted by Crippen LogP contribution is -2.58. The number of hydrogen-bond donors (Lipinski definition) is 2. The van der Waals surface area contributed by atoms with Crippen LogP contribution in [0.15, 0.2) is 0 Å². The minimum atomic E-state index is -0.512. The number of likely N-dealkylation sites (tertiary alicyclic amines) is 1. The lowest BCUT2D eigenvalue weighted by atomic mass is 9.98. The molecule has 0 aromatic carbocycles. The Morgan fingerprint density at radius 1 is 1.47 bits per heavy atom. The van der Waals surface area contributed by atoms with Gasteiger partial charge in [-0.15, -0.1) is 0 Å². The highest BCUT2D eigenvalue weighted by molar-refractivity contribution is 5.85. The topological polar surface area (TPSA) is 61.6 Å². The average molecular weight is 242 g/mol. The fourth-order valence-electron chi connectivity index (χ4n) is 2.43. The number of primary amides is 1. The molecule has 5 heteroatoms. The van der Waals surface area contributed by atoms with Crippen molar-refractivity contribution in [3.05, 3.63) is 0 Å². The Kier molecular flexibility index (Phi) is 5.36. The van der Waals surface area contributed by atoms with Crippen LogP contribution in [0.1, 0.15) is 20.3 Å². The van der Waals surface area contributed by atoms with E-state index >= 15 is 0 Å². The molecule has 0 aromatic heterocycles. The Balaban J connectivity index is 2.44. The molecule has 1 aliphatic heterocycles. The Labute approximate surface area is 104 Å². The van der Waals surface area contributed by atoms with E-state index in [2.05, 4.69) is 29.0 Å². The Morgan fingerprint density at radius 2 is 2.12 bits per heavy atom. The third kappa shape index (κ3) is 3.66. The van der Waals surface area contributed by atoms with Crippen molar-refractivity contribution in [2.24, 2.45) is 5.73 Å². The summed E-state index contributed by atoms with van der Waals surface area (Å²) in [6.45, 7) is 9.82. The van der Waals surface area contributed by atoms with E-state index in [1.54, 1.807) is 0 Å². The van der Waals surface area contributed by atoms with Crippen LogP contribution in [0.4, 0.5) is 0 Å². The van der Waals surface area contributed by atoms with Gasteiger partial charge in [0.1, 0.15) is 5.54 Å². The van der Waals surface area contributed by atoms with Crippen LogP contribution in [-0.4, -0.2) is 67.6 Å². The first-order valence-corrected chi connectivity index (χ1v) is 6.50. The highest BCUT2D eigenvalue weighted by atomic mass is 16.1. The van der Waals surface area contributed by atoms with Crippen molar-refractivity contribution in [2.45, 2.75) is 25.8 Å². The first-order chi connectivity index (χ1) is 8.04. The van der Waals surface area contributed by atoms with Crippen LogP contribution >= 0.6 is 0 Å². The second kappa shape index (κ2) is 6.33. The molecule has 1 atom stereocenters. The third-order valence-electron chi connectivity index (χ3n) is 3.72. The molecule has 0 radical (unpaired) electrons. The monoisotopic (exact) mass is 242 g/mol. The van der Waals surface area contributed by atoms with Crippen molar-refractivity contribution in [1.82, 2.24) is 15.1 Å². The maximum absolute atomic E-state index is 11.6.